The lowest BCUT2D eigenvalue weighted by atomic mass is 10.2. The molecule has 4 rings (SSSR count). The van der Waals surface area contributed by atoms with E-state index < -0.39 is 0 Å². The fourth-order valence-corrected chi connectivity index (χ4v) is 4.91. The molecule has 0 bridgehead atoms. The molecule has 1 fully saturated rings. The molecule has 1 saturated heterocycles. The van der Waals surface area contributed by atoms with Crippen LogP contribution in [0, 0.1) is 34.6 Å². The summed E-state index contributed by atoms with van der Waals surface area (Å²) < 4.78 is 9.87. The number of carbonyl (C=O) groups excluding carboxylic acids is 1. The first kappa shape index (κ1) is 22.6. The first-order valence-corrected chi connectivity index (χ1v) is 12.0. The Morgan fingerprint density at radius 3 is 2.56 bits per heavy atom. The number of aromatic nitrogens is 4. The highest BCUT2D eigenvalue weighted by atomic mass is 32.2. The highest BCUT2D eigenvalue weighted by Gasteiger charge is 2.21. The summed E-state index contributed by atoms with van der Waals surface area (Å²) >= 11 is 1.47. The number of rotatable bonds is 7. The highest BCUT2D eigenvalue weighted by molar-refractivity contribution is 7.99. The maximum atomic E-state index is 12.8. The maximum absolute atomic E-state index is 12.8. The Morgan fingerprint density at radius 1 is 1.12 bits per heavy atom. The SMILES string of the molecule is Cc1ccc(-n2nc(C)c(NC(=O)CSc3nc(C)c(C)n3CC3CCCO3)c2C)cc1. The van der Waals surface area contributed by atoms with Crippen LogP contribution < -0.4 is 5.32 Å². The molecule has 3 aromatic rings. The quantitative estimate of drug-likeness (QED) is 0.533. The summed E-state index contributed by atoms with van der Waals surface area (Å²) in [7, 11) is 0. The van der Waals surface area contributed by atoms with Gasteiger partial charge in [-0.1, -0.05) is 29.5 Å². The number of thioether (sulfide) groups is 1. The third kappa shape index (κ3) is 4.76. The zero-order valence-electron chi connectivity index (χ0n) is 19.4. The van der Waals surface area contributed by atoms with Gasteiger partial charge >= 0.3 is 0 Å². The molecule has 1 amide bonds. The molecule has 0 saturated carbocycles. The largest absolute Gasteiger partial charge is 0.376 e. The van der Waals surface area contributed by atoms with Crippen molar-refractivity contribution in [2.45, 2.75) is 65.3 Å². The number of anilines is 1. The van der Waals surface area contributed by atoms with Crippen LogP contribution in [0.25, 0.3) is 5.69 Å². The number of nitrogens with one attached hydrogen (secondary N) is 1. The van der Waals surface area contributed by atoms with Gasteiger partial charge in [0.1, 0.15) is 0 Å². The van der Waals surface area contributed by atoms with Crippen LogP contribution in [0.3, 0.4) is 0 Å². The molecule has 32 heavy (non-hydrogen) atoms. The molecule has 3 heterocycles. The van der Waals surface area contributed by atoms with Gasteiger partial charge in [0.05, 0.1) is 46.9 Å². The standard InChI is InChI=1S/C24H31N5O2S/c1-15-8-10-20(11-9-15)29-19(5)23(17(3)27-29)26-22(30)14-32-24-25-16(2)18(4)28(24)13-21-7-6-12-31-21/h8-11,21H,6-7,12-14H2,1-5H3,(H,26,30). The van der Waals surface area contributed by atoms with Crippen LogP contribution in [0.4, 0.5) is 5.69 Å². The van der Waals surface area contributed by atoms with E-state index in [0.29, 0.717) is 0 Å². The average Bonchev–Trinajstić information content (AvgIpc) is 3.45. The molecule has 7 nitrogen and oxygen atoms in total. The molecule has 2 aromatic heterocycles. The average molecular weight is 454 g/mol. The number of ether oxygens (including phenoxy) is 1. The van der Waals surface area contributed by atoms with E-state index >= 15 is 0 Å². The van der Waals surface area contributed by atoms with Crippen LogP contribution in [0.1, 0.15) is 41.2 Å². The molecule has 1 aromatic carbocycles. The minimum atomic E-state index is -0.0633. The molecule has 8 heteroatoms. The number of hydrogen-bond acceptors (Lipinski definition) is 5. The summed E-state index contributed by atoms with van der Waals surface area (Å²) in [6, 6.07) is 8.19. The Balaban J connectivity index is 1.44. The molecule has 1 aliphatic rings. The van der Waals surface area contributed by atoms with Crippen molar-refractivity contribution >= 4 is 23.4 Å². The van der Waals surface area contributed by atoms with Crippen molar-refractivity contribution < 1.29 is 9.53 Å². The minimum absolute atomic E-state index is 0.0633. The lowest BCUT2D eigenvalue weighted by molar-refractivity contribution is -0.113. The Hall–Kier alpha value is -2.58. The van der Waals surface area contributed by atoms with E-state index in [1.54, 1.807) is 0 Å². The number of imidazole rings is 1. The van der Waals surface area contributed by atoms with Gasteiger partial charge in [-0.15, -0.1) is 0 Å². The number of hydrogen-bond donors (Lipinski definition) is 1. The molecule has 1 N–H and O–H groups in total. The van der Waals surface area contributed by atoms with Crippen molar-refractivity contribution in [2.75, 3.05) is 17.7 Å². The third-order valence-electron chi connectivity index (χ3n) is 6.00. The number of benzene rings is 1. The molecule has 1 unspecified atom stereocenters. The van der Waals surface area contributed by atoms with E-state index in [1.807, 2.05) is 37.6 Å². The number of carbonyl (C=O) groups is 1. The van der Waals surface area contributed by atoms with E-state index in [1.165, 1.54) is 17.3 Å². The fraction of sp³-hybridized carbons (Fsp3) is 0.458. The van der Waals surface area contributed by atoms with Gasteiger partial charge in [0.25, 0.3) is 0 Å². The van der Waals surface area contributed by atoms with E-state index in [-0.39, 0.29) is 17.8 Å². The first-order valence-electron chi connectivity index (χ1n) is 11.0. The Bertz CT molecular complexity index is 1110. The van der Waals surface area contributed by atoms with E-state index in [9.17, 15) is 4.79 Å². The lowest BCUT2D eigenvalue weighted by Gasteiger charge is -2.14. The molecule has 1 aliphatic heterocycles. The monoisotopic (exact) mass is 453 g/mol. The number of aryl methyl sites for hydroxylation is 3. The van der Waals surface area contributed by atoms with Gasteiger partial charge in [0.15, 0.2) is 5.16 Å². The van der Waals surface area contributed by atoms with Crippen LogP contribution in [0.5, 0.6) is 0 Å². The minimum Gasteiger partial charge on any atom is -0.376 e. The van der Waals surface area contributed by atoms with E-state index in [0.717, 1.165) is 65.3 Å². The summed E-state index contributed by atoms with van der Waals surface area (Å²) in [6.45, 7) is 11.7. The van der Waals surface area contributed by atoms with Gasteiger partial charge in [-0.3, -0.25) is 4.79 Å². The summed E-state index contributed by atoms with van der Waals surface area (Å²) in [5.74, 6) is 0.224. The van der Waals surface area contributed by atoms with Crippen LogP contribution in [0.15, 0.2) is 29.4 Å². The van der Waals surface area contributed by atoms with Gasteiger partial charge in [-0.05, 0) is 59.6 Å². The Morgan fingerprint density at radius 2 is 1.88 bits per heavy atom. The number of nitrogens with zero attached hydrogens (tertiary/aromatic N) is 4. The smallest absolute Gasteiger partial charge is 0.234 e. The molecule has 1 atom stereocenters. The second-order valence-corrected chi connectivity index (χ2v) is 9.38. The van der Waals surface area contributed by atoms with Crippen LogP contribution in [-0.4, -0.2) is 43.7 Å². The van der Waals surface area contributed by atoms with Gasteiger partial charge < -0.3 is 14.6 Å². The van der Waals surface area contributed by atoms with Crippen molar-refractivity contribution in [3.8, 4) is 5.69 Å². The first-order chi connectivity index (χ1) is 15.3. The van der Waals surface area contributed by atoms with Crippen molar-refractivity contribution in [1.82, 2.24) is 19.3 Å². The Labute approximate surface area is 193 Å². The second kappa shape index (κ2) is 9.50. The maximum Gasteiger partial charge on any atom is 0.234 e. The van der Waals surface area contributed by atoms with Gasteiger partial charge in [0, 0.05) is 12.3 Å². The summed E-state index contributed by atoms with van der Waals surface area (Å²) in [4.78, 5) is 17.5. The van der Waals surface area contributed by atoms with Gasteiger partial charge in [0.2, 0.25) is 5.91 Å². The van der Waals surface area contributed by atoms with Crippen molar-refractivity contribution in [3.63, 3.8) is 0 Å². The zero-order valence-corrected chi connectivity index (χ0v) is 20.3. The molecule has 170 valence electrons. The fourth-order valence-electron chi connectivity index (χ4n) is 4.01. The summed E-state index contributed by atoms with van der Waals surface area (Å²) in [5, 5.41) is 8.56. The molecular formula is C24H31N5O2S. The van der Waals surface area contributed by atoms with Gasteiger partial charge in [-0.2, -0.15) is 5.10 Å². The summed E-state index contributed by atoms with van der Waals surface area (Å²) in [5.41, 5.74) is 6.79. The van der Waals surface area contributed by atoms with Crippen LogP contribution in [-0.2, 0) is 16.1 Å². The summed E-state index contributed by atoms with van der Waals surface area (Å²) in [6.07, 6.45) is 2.41. The zero-order chi connectivity index (χ0) is 22.8. The van der Waals surface area contributed by atoms with Gasteiger partial charge in [-0.25, -0.2) is 9.67 Å². The van der Waals surface area contributed by atoms with Crippen LogP contribution >= 0.6 is 11.8 Å². The predicted molar refractivity (Wildman–Crippen MR) is 128 cm³/mol. The highest BCUT2D eigenvalue weighted by Crippen LogP contribution is 2.26. The van der Waals surface area contributed by atoms with E-state index in [4.69, 9.17) is 9.72 Å². The number of amides is 1. The van der Waals surface area contributed by atoms with Crippen molar-refractivity contribution in [1.29, 1.82) is 0 Å². The lowest BCUT2D eigenvalue weighted by Crippen LogP contribution is -2.18. The van der Waals surface area contributed by atoms with E-state index in [2.05, 4.69) is 41.0 Å². The molecule has 0 radical (unpaired) electrons. The third-order valence-corrected chi connectivity index (χ3v) is 6.98. The topological polar surface area (TPSA) is 74.0 Å². The normalized spacial score (nSPS) is 16.0. The molecular weight excluding hydrogens is 422 g/mol. The van der Waals surface area contributed by atoms with Crippen LogP contribution in [0.2, 0.25) is 0 Å². The Kier molecular flexibility index (Phi) is 6.71. The molecule has 0 spiro atoms. The van der Waals surface area contributed by atoms with Crippen molar-refractivity contribution in [3.05, 3.63) is 52.6 Å². The van der Waals surface area contributed by atoms with Crippen molar-refractivity contribution in [2.24, 2.45) is 0 Å². The predicted octanol–water partition coefficient (Wildman–Crippen LogP) is 4.52. The second-order valence-electron chi connectivity index (χ2n) is 8.44. The molecule has 0 aliphatic carbocycles.